The molecule has 0 bridgehead atoms. The summed E-state index contributed by atoms with van der Waals surface area (Å²) in [6, 6.07) is 5.75. The van der Waals surface area contributed by atoms with Crippen molar-refractivity contribution in [1.82, 2.24) is 4.90 Å². The van der Waals surface area contributed by atoms with Crippen molar-refractivity contribution in [2.24, 2.45) is 5.92 Å². The lowest BCUT2D eigenvalue weighted by Crippen LogP contribution is -2.39. The molecule has 2 rings (SSSR count). The number of carboxylic acids is 1. The van der Waals surface area contributed by atoms with Crippen molar-refractivity contribution in [2.75, 3.05) is 18.4 Å². The van der Waals surface area contributed by atoms with Crippen LogP contribution in [0.3, 0.4) is 0 Å². The maximum atomic E-state index is 12.2. The van der Waals surface area contributed by atoms with Crippen molar-refractivity contribution in [1.29, 1.82) is 0 Å². The second-order valence-electron chi connectivity index (χ2n) is 5.55. The van der Waals surface area contributed by atoms with E-state index in [1.807, 2.05) is 19.1 Å². The molecular weight excluding hydrogens is 268 g/mol. The molecule has 0 radical (unpaired) electrons. The Hall–Kier alpha value is -2.04. The first-order valence-corrected chi connectivity index (χ1v) is 7.41. The lowest BCUT2D eigenvalue weighted by molar-refractivity contribution is -0.141. The number of benzene rings is 1. The number of nitrogens with one attached hydrogen (secondary N) is 1. The summed E-state index contributed by atoms with van der Waals surface area (Å²) in [5.74, 6) is -1.46. The van der Waals surface area contributed by atoms with Gasteiger partial charge in [0.2, 0.25) is 0 Å². The van der Waals surface area contributed by atoms with Crippen LogP contribution in [0.1, 0.15) is 31.4 Å². The van der Waals surface area contributed by atoms with E-state index in [-0.39, 0.29) is 12.6 Å². The van der Waals surface area contributed by atoms with Crippen LogP contribution in [0.5, 0.6) is 0 Å². The second-order valence-corrected chi connectivity index (χ2v) is 5.55. The predicted molar refractivity (Wildman–Crippen MR) is 81.5 cm³/mol. The largest absolute Gasteiger partial charge is 0.481 e. The van der Waals surface area contributed by atoms with Crippen LogP contribution < -0.4 is 5.32 Å². The molecule has 0 saturated heterocycles. The molecule has 5 nitrogen and oxygen atoms in total. The van der Waals surface area contributed by atoms with E-state index in [2.05, 4.69) is 11.4 Å². The minimum atomic E-state index is -0.890. The van der Waals surface area contributed by atoms with Gasteiger partial charge in [-0.05, 0) is 49.4 Å². The first-order chi connectivity index (χ1) is 10.0. The SMILES string of the molecule is CCN(CC(C)C(=O)O)C(=O)Nc1ccc2c(c1)CCC2. The molecule has 0 fully saturated rings. The van der Waals surface area contributed by atoms with Crippen LogP contribution in [0.2, 0.25) is 0 Å². The smallest absolute Gasteiger partial charge is 0.321 e. The first-order valence-electron chi connectivity index (χ1n) is 7.41. The highest BCUT2D eigenvalue weighted by Gasteiger charge is 2.20. The first kappa shape index (κ1) is 15.4. The van der Waals surface area contributed by atoms with E-state index in [0.29, 0.717) is 6.54 Å². The van der Waals surface area contributed by atoms with E-state index >= 15 is 0 Å². The Morgan fingerprint density at radius 1 is 1.33 bits per heavy atom. The molecule has 1 aliphatic rings. The Balaban J connectivity index is 2.00. The van der Waals surface area contributed by atoms with Gasteiger partial charge in [-0.3, -0.25) is 4.79 Å². The van der Waals surface area contributed by atoms with Crippen LogP contribution >= 0.6 is 0 Å². The lowest BCUT2D eigenvalue weighted by Gasteiger charge is -2.23. The van der Waals surface area contributed by atoms with Gasteiger partial charge in [0.05, 0.1) is 5.92 Å². The number of nitrogens with zero attached hydrogens (tertiary/aromatic N) is 1. The van der Waals surface area contributed by atoms with Crippen LogP contribution in [-0.4, -0.2) is 35.1 Å². The molecule has 1 aromatic carbocycles. The molecule has 0 heterocycles. The molecule has 0 aliphatic heterocycles. The molecule has 0 spiro atoms. The van der Waals surface area contributed by atoms with E-state index < -0.39 is 11.9 Å². The number of hydrogen-bond acceptors (Lipinski definition) is 2. The molecule has 2 N–H and O–H groups in total. The van der Waals surface area contributed by atoms with Crippen molar-refractivity contribution in [3.63, 3.8) is 0 Å². The Morgan fingerprint density at radius 3 is 2.71 bits per heavy atom. The fourth-order valence-electron chi connectivity index (χ4n) is 2.62. The number of urea groups is 1. The van der Waals surface area contributed by atoms with E-state index in [9.17, 15) is 9.59 Å². The van der Waals surface area contributed by atoms with Crippen LogP contribution in [0, 0.1) is 5.92 Å². The molecule has 0 saturated carbocycles. The molecule has 0 aromatic heterocycles. The van der Waals surface area contributed by atoms with Gasteiger partial charge >= 0.3 is 12.0 Å². The zero-order chi connectivity index (χ0) is 15.4. The van der Waals surface area contributed by atoms with Gasteiger partial charge in [0.25, 0.3) is 0 Å². The summed E-state index contributed by atoms with van der Waals surface area (Å²) in [7, 11) is 0. The van der Waals surface area contributed by atoms with Gasteiger partial charge in [-0.15, -0.1) is 0 Å². The molecule has 21 heavy (non-hydrogen) atoms. The van der Waals surface area contributed by atoms with Crippen LogP contribution in [-0.2, 0) is 17.6 Å². The molecule has 1 aliphatic carbocycles. The highest BCUT2D eigenvalue weighted by atomic mass is 16.4. The lowest BCUT2D eigenvalue weighted by atomic mass is 10.1. The summed E-state index contributed by atoms with van der Waals surface area (Å²) in [4.78, 5) is 24.6. The summed E-state index contributed by atoms with van der Waals surface area (Å²) in [5.41, 5.74) is 3.44. The molecule has 1 unspecified atom stereocenters. The minimum absolute atomic E-state index is 0.211. The second kappa shape index (κ2) is 6.61. The normalized spacial score (nSPS) is 14.4. The Bertz CT molecular complexity index is 542. The monoisotopic (exact) mass is 290 g/mol. The minimum Gasteiger partial charge on any atom is -0.481 e. The number of anilines is 1. The standard InChI is InChI=1S/C16H22N2O3/c1-3-18(10-11(2)15(19)20)16(21)17-14-8-7-12-5-4-6-13(12)9-14/h7-9,11H,3-6,10H2,1-2H3,(H,17,21)(H,19,20). The van der Waals surface area contributed by atoms with E-state index in [0.717, 1.165) is 18.5 Å². The summed E-state index contributed by atoms with van der Waals surface area (Å²) in [5, 5.41) is 11.8. The summed E-state index contributed by atoms with van der Waals surface area (Å²) >= 11 is 0. The average molecular weight is 290 g/mol. The van der Waals surface area contributed by atoms with Gasteiger partial charge in [0, 0.05) is 18.8 Å². The third-order valence-corrected chi connectivity index (χ3v) is 3.93. The maximum absolute atomic E-state index is 12.2. The molecule has 1 aromatic rings. The third kappa shape index (κ3) is 3.74. The van der Waals surface area contributed by atoms with Crippen molar-refractivity contribution in [2.45, 2.75) is 33.1 Å². The summed E-state index contributed by atoms with van der Waals surface area (Å²) < 4.78 is 0. The number of amides is 2. The Morgan fingerprint density at radius 2 is 2.05 bits per heavy atom. The Labute approximate surface area is 125 Å². The Kier molecular flexibility index (Phi) is 4.83. The number of aryl methyl sites for hydroxylation is 2. The molecule has 1 atom stereocenters. The van der Waals surface area contributed by atoms with Crippen molar-refractivity contribution in [3.8, 4) is 0 Å². The quantitative estimate of drug-likeness (QED) is 0.876. The molecular formula is C16H22N2O3. The molecule has 5 heteroatoms. The zero-order valence-corrected chi connectivity index (χ0v) is 12.6. The topological polar surface area (TPSA) is 69.6 Å². The number of aliphatic carboxylic acids is 1. The number of carbonyl (C=O) groups is 2. The highest BCUT2D eigenvalue weighted by molar-refractivity contribution is 5.89. The van der Waals surface area contributed by atoms with E-state index in [1.54, 1.807) is 6.92 Å². The molecule has 114 valence electrons. The summed E-state index contributed by atoms with van der Waals surface area (Å²) in [6.45, 7) is 4.14. The molecule has 2 amide bonds. The number of hydrogen-bond donors (Lipinski definition) is 2. The fourth-order valence-corrected chi connectivity index (χ4v) is 2.62. The number of fused-ring (bicyclic) bond motifs is 1. The predicted octanol–water partition coefficient (Wildman–Crippen LogP) is 2.75. The van der Waals surface area contributed by atoms with E-state index in [1.165, 1.54) is 22.4 Å². The summed E-state index contributed by atoms with van der Waals surface area (Å²) in [6.07, 6.45) is 3.34. The fraction of sp³-hybridized carbons (Fsp3) is 0.500. The van der Waals surface area contributed by atoms with Gasteiger partial charge in [0.15, 0.2) is 0 Å². The van der Waals surface area contributed by atoms with Gasteiger partial charge < -0.3 is 15.3 Å². The number of carboxylic acid groups (broad SMARTS) is 1. The van der Waals surface area contributed by atoms with Gasteiger partial charge in [-0.1, -0.05) is 13.0 Å². The highest BCUT2D eigenvalue weighted by Crippen LogP contribution is 2.25. The van der Waals surface area contributed by atoms with Crippen molar-refractivity contribution >= 4 is 17.7 Å². The van der Waals surface area contributed by atoms with E-state index in [4.69, 9.17) is 5.11 Å². The third-order valence-electron chi connectivity index (χ3n) is 3.93. The number of carbonyl (C=O) groups excluding carboxylic acids is 1. The van der Waals surface area contributed by atoms with Crippen molar-refractivity contribution < 1.29 is 14.7 Å². The van der Waals surface area contributed by atoms with Crippen molar-refractivity contribution in [3.05, 3.63) is 29.3 Å². The van der Waals surface area contributed by atoms with Crippen LogP contribution in [0.4, 0.5) is 10.5 Å². The number of rotatable bonds is 5. The average Bonchev–Trinajstić information content (AvgIpc) is 2.91. The van der Waals surface area contributed by atoms with Gasteiger partial charge in [-0.2, -0.15) is 0 Å². The maximum Gasteiger partial charge on any atom is 0.321 e. The van der Waals surface area contributed by atoms with Crippen LogP contribution in [0.25, 0.3) is 0 Å². The van der Waals surface area contributed by atoms with Gasteiger partial charge in [0.1, 0.15) is 0 Å². The zero-order valence-electron chi connectivity index (χ0n) is 12.6. The van der Waals surface area contributed by atoms with Crippen LogP contribution in [0.15, 0.2) is 18.2 Å². The van der Waals surface area contributed by atoms with Gasteiger partial charge in [-0.25, -0.2) is 4.79 Å².